The number of aromatic nitrogens is 2. The Morgan fingerprint density at radius 2 is 1.54 bits per heavy atom. The van der Waals surface area contributed by atoms with Gasteiger partial charge in [-0.05, 0) is 59.7 Å². The smallest absolute Gasteiger partial charge is 0.420 e. The molecule has 0 aliphatic heterocycles. The maximum Gasteiger partial charge on any atom is 0.420 e. The Morgan fingerprint density at radius 3 is 2.11 bits per heavy atom. The summed E-state index contributed by atoms with van der Waals surface area (Å²) in [5.41, 5.74) is -0.345. The number of amides is 2. The number of hydrogen-bond donors (Lipinski definition) is 1. The zero-order valence-corrected chi connectivity index (χ0v) is 17.0. The summed E-state index contributed by atoms with van der Waals surface area (Å²) in [7, 11) is 0. The molecule has 0 bridgehead atoms. The largest absolute Gasteiger partial charge is 0.444 e. The second-order valence-corrected chi connectivity index (χ2v) is 8.05. The first-order valence-corrected chi connectivity index (χ1v) is 8.84. The Morgan fingerprint density at radius 1 is 0.929 bits per heavy atom. The molecule has 0 radical (unpaired) electrons. The fourth-order valence-electron chi connectivity index (χ4n) is 2.17. The van der Waals surface area contributed by atoms with Crippen LogP contribution < -0.4 is 10.2 Å². The molecular formula is C20H26N4O4. The van der Waals surface area contributed by atoms with Crippen LogP contribution in [-0.2, 0) is 9.47 Å². The van der Waals surface area contributed by atoms with Crippen molar-refractivity contribution in [1.29, 1.82) is 0 Å². The molecule has 8 heteroatoms. The number of carbonyl (C=O) groups is 2. The van der Waals surface area contributed by atoms with E-state index < -0.39 is 23.4 Å². The maximum absolute atomic E-state index is 12.8. The van der Waals surface area contributed by atoms with Crippen LogP contribution in [0.1, 0.15) is 41.5 Å². The van der Waals surface area contributed by atoms with Crippen LogP contribution in [0.5, 0.6) is 0 Å². The molecule has 0 atom stereocenters. The Bertz CT molecular complexity index is 826. The summed E-state index contributed by atoms with van der Waals surface area (Å²) in [6.07, 6.45) is 3.42. The van der Waals surface area contributed by atoms with Crippen LogP contribution in [0.15, 0.2) is 42.9 Å². The van der Waals surface area contributed by atoms with E-state index in [4.69, 9.17) is 9.47 Å². The van der Waals surface area contributed by atoms with E-state index in [1.54, 1.807) is 78.2 Å². The van der Waals surface area contributed by atoms with Gasteiger partial charge in [0.2, 0.25) is 0 Å². The van der Waals surface area contributed by atoms with E-state index >= 15 is 0 Å². The summed E-state index contributed by atoms with van der Waals surface area (Å²) < 4.78 is 10.8. The molecule has 150 valence electrons. The van der Waals surface area contributed by atoms with Crippen LogP contribution in [0.25, 0.3) is 0 Å². The number of pyridine rings is 2. The van der Waals surface area contributed by atoms with E-state index in [-0.39, 0.29) is 5.82 Å². The second-order valence-electron chi connectivity index (χ2n) is 8.05. The molecule has 2 rings (SSSR count). The van der Waals surface area contributed by atoms with Gasteiger partial charge in [-0.25, -0.2) is 19.5 Å². The van der Waals surface area contributed by atoms with Gasteiger partial charge in [0.1, 0.15) is 17.0 Å². The monoisotopic (exact) mass is 386 g/mol. The molecule has 0 unspecified atom stereocenters. The van der Waals surface area contributed by atoms with Gasteiger partial charge in [0, 0.05) is 30.3 Å². The molecule has 0 saturated carbocycles. The van der Waals surface area contributed by atoms with Crippen LogP contribution in [0.3, 0.4) is 0 Å². The number of carbonyl (C=O) groups excluding carboxylic acids is 2. The highest BCUT2D eigenvalue weighted by molar-refractivity contribution is 5.96. The van der Waals surface area contributed by atoms with Crippen LogP contribution in [0.2, 0.25) is 0 Å². The van der Waals surface area contributed by atoms with Crippen molar-refractivity contribution in [3.05, 3.63) is 42.9 Å². The standard InChI is InChI=1S/C20H26N4O4/c1-19(2,3)27-17(25)23-14-7-12-22-16(13-14)24(15-8-10-21-11-9-15)18(26)28-20(4,5)6/h7-13H,1-6H3,(H,22,23,25). The first kappa shape index (κ1) is 21.1. The van der Waals surface area contributed by atoms with Crippen LogP contribution in [0.4, 0.5) is 26.8 Å². The van der Waals surface area contributed by atoms with Gasteiger partial charge in [-0.3, -0.25) is 10.3 Å². The van der Waals surface area contributed by atoms with Crippen molar-refractivity contribution in [3.63, 3.8) is 0 Å². The highest BCUT2D eigenvalue weighted by atomic mass is 16.6. The van der Waals surface area contributed by atoms with Gasteiger partial charge in [-0.2, -0.15) is 0 Å². The molecule has 0 fully saturated rings. The molecule has 0 aliphatic rings. The summed E-state index contributed by atoms with van der Waals surface area (Å²) in [5.74, 6) is 0.286. The van der Waals surface area contributed by atoms with Gasteiger partial charge in [0.25, 0.3) is 0 Å². The zero-order chi connectivity index (χ0) is 20.9. The third-order valence-corrected chi connectivity index (χ3v) is 3.12. The molecular weight excluding hydrogens is 360 g/mol. The average molecular weight is 386 g/mol. The SMILES string of the molecule is CC(C)(C)OC(=O)Nc1ccnc(N(C(=O)OC(C)(C)C)c2ccncc2)c1. The van der Waals surface area contributed by atoms with E-state index in [0.717, 1.165) is 0 Å². The number of hydrogen-bond acceptors (Lipinski definition) is 6. The van der Waals surface area contributed by atoms with Gasteiger partial charge in [0.05, 0.1) is 5.69 Å². The lowest BCUT2D eigenvalue weighted by Crippen LogP contribution is -2.34. The Balaban J connectivity index is 2.33. The number of rotatable bonds is 3. The predicted octanol–water partition coefficient (Wildman–Crippen LogP) is 4.90. The van der Waals surface area contributed by atoms with Crippen molar-refractivity contribution in [2.24, 2.45) is 0 Å². The van der Waals surface area contributed by atoms with E-state index in [1.165, 1.54) is 11.1 Å². The third-order valence-electron chi connectivity index (χ3n) is 3.12. The summed E-state index contributed by atoms with van der Waals surface area (Å²) in [6.45, 7) is 10.7. The van der Waals surface area contributed by atoms with Gasteiger partial charge in [-0.1, -0.05) is 0 Å². The molecule has 0 saturated heterocycles. The number of anilines is 3. The maximum atomic E-state index is 12.8. The lowest BCUT2D eigenvalue weighted by atomic mass is 10.2. The molecule has 0 aromatic carbocycles. The van der Waals surface area contributed by atoms with Crippen molar-refractivity contribution in [3.8, 4) is 0 Å². The summed E-state index contributed by atoms with van der Waals surface area (Å²) >= 11 is 0. The number of nitrogens with zero attached hydrogens (tertiary/aromatic N) is 3. The zero-order valence-electron chi connectivity index (χ0n) is 17.0. The highest BCUT2D eigenvalue weighted by Gasteiger charge is 2.26. The minimum Gasteiger partial charge on any atom is -0.444 e. The minimum absolute atomic E-state index is 0.286. The van der Waals surface area contributed by atoms with Crippen molar-refractivity contribution in [2.75, 3.05) is 10.2 Å². The molecule has 2 heterocycles. The van der Waals surface area contributed by atoms with Crippen molar-refractivity contribution in [2.45, 2.75) is 52.7 Å². The van der Waals surface area contributed by atoms with E-state index in [9.17, 15) is 9.59 Å². The summed E-state index contributed by atoms with van der Waals surface area (Å²) in [4.78, 5) is 34.4. The van der Waals surface area contributed by atoms with Gasteiger partial charge < -0.3 is 9.47 Å². The first-order valence-electron chi connectivity index (χ1n) is 8.84. The normalized spacial score (nSPS) is 11.5. The highest BCUT2D eigenvalue weighted by Crippen LogP contribution is 2.27. The van der Waals surface area contributed by atoms with Crippen molar-refractivity contribution >= 4 is 29.4 Å². The Kier molecular flexibility index (Phi) is 6.23. The fraction of sp³-hybridized carbons (Fsp3) is 0.400. The van der Waals surface area contributed by atoms with Gasteiger partial charge >= 0.3 is 12.2 Å². The fourth-order valence-corrected chi connectivity index (χ4v) is 2.17. The van der Waals surface area contributed by atoms with E-state index in [2.05, 4.69) is 15.3 Å². The molecule has 1 N–H and O–H groups in total. The van der Waals surface area contributed by atoms with E-state index in [1.807, 2.05) is 0 Å². The molecule has 0 aliphatic carbocycles. The van der Waals surface area contributed by atoms with Crippen LogP contribution in [-0.4, -0.2) is 33.4 Å². The summed E-state index contributed by atoms with van der Waals surface area (Å²) in [6, 6.07) is 6.50. The quantitative estimate of drug-likeness (QED) is 0.806. The Labute approximate surface area is 164 Å². The molecule has 2 aromatic heterocycles. The van der Waals surface area contributed by atoms with Crippen LogP contribution >= 0.6 is 0 Å². The third kappa shape index (κ3) is 6.53. The molecule has 28 heavy (non-hydrogen) atoms. The summed E-state index contributed by atoms with van der Waals surface area (Å²) in [5, 5.41) is 2.64. The lowest BCUT2D eigenvalue weighted by molar-refractivity contribution is 0.0595. The van der Waals surface area contributed by atoms with Crippen molar-refractivity contribution in [1.82, 2.24) is 9.97 Å². The van der Waals surface area contributed by atoms with E-state index in [0.29, 0.717) is 11.4 Å². The predicted molar refractivity (Wildman–Crippen MR) is 107 cm³/mol. The topological polar surface area (TPSA) is 93.7 Å². The number of nitrogens with one attached hydrogen (secondary N) is 1. The molecule has 8 nitrogen and oxygen atoms in total. The number of ether oxygens (including phenoxy) is 2. The average Bonchev–Trinajstić information content (AvgIpc) is 2.52. The van der Waals surface area contributed by atoms with Crippen molar-refractivity contribution < 1.29 is 19.1 Å². The van der Waals surface area contributed by atoms with Crippen LogP contribution in [0, 0.1) is 0 Å². The first-order chi connectivity index (χ1) is 12.9. The molecule has 0 spiro atoms. The molecule has 2 amide bonds. The second kappa shape index (κ2) is 8.24. The van der Waals surface area contributed by atoms with Gasteiger partial charge in [0.15, 0.2) is 0 Å². The molecule has 2 aromatic rings. The van der Waals surface area contributed by atoms with Gasteiger partial charge in [-0.15, -0.1) is 0 Å². The lowest BCUT2D eigenvalue weighted by Gasteiger charge is -2.27. The minimum atomic E-state index is -0.686. The Hall–Kier alpha value is -3.16.